The molecule has 6 heteroatoms. The van der Waals surface area contributed by atoms with E-state index < -0.39 is 18.7 Å². The number of aromatic nitrogens is 2. The molecule has 80 valence electrons. The molecule has 1 rings (SSSR count). The van der Waals surface area contributed by atoms with Crippen LogP contribution in [0.5, 0.6) is 0 Å². The number of hydrogen-bond acceptors (Lipinski definition) is 2. The quantitative estimate of drug-likeness (QED) is 0.822. The molecule has 1 aromatic rings. The van der Waals surface area contributed by atoms with Crippen LogP contribution in [0.4, 0.5) is 13.2 Å². The van der Waals surface area contributed by atoms with Crippen LogP contribution < -0.4 is 0 Å². The Labute approximate surface area is 79.2 Å². The van der Waals surface area contributed by atoms with Crippen molar-refractivity contribution < 1.29 is 18.3 Å². The Morgan fingerprint density at radius 1 is 1.57 bits per heavy atom. The lowest BCUT2D eigenvalue weighted by Crippen LogP contribution is -2.10. The number of aliphatic hydroxyl groups is 1. The van der Waals surface area contributed by atoms with Crippen molar-refractivity contribution >= 4 is 0 Å². The molecule has 1 N–H and O–H groups in total. The molecule has 0 aliphatic carbocycles. The van der Waals surface area contributed by atoms with E-state index in [4.69, 9.17) is 0 Å². The SMILES string of the molecule is Cn1ccc(C(O)CCC(F)(F)F)n1. The van der Waals surface area contributed by atoms with Gasteiger partial charge in [-0.15, -0.1) is 0 Å². The van der Waals surface area contributed by atoms with Gasteiger partial charge in [0.15, 0.2) is 0 Å². The second kappa shape index (κ2) is 4.00. The average Bonchev–Trinajstić information content (AvgIpc) is 2.46. The lowest BCUT2D eigenvalue weighted by molar-refractivity contribution is -0.140. The summed E-state index contributed by atoms with van der Waals surface area (Å²) in [5, 5.41) is 13.1. The number of halogens is 3. The molecule has 0 spiro atoms. The Hall–Kier alpha value is -1.04. The van der Waals surface area contributed by atoms with Crippen LogP contribution in [-0.2, 0) is 7.05 Å². The first kappa shape index (κ1) is 11.0. The average molecular weight is 208 g/mol. The van der Waals surface area contributed by atoms with Gasteiger partial charge in [0.05, 0.1) is 11.8 Å². The van der Waals surface area contributed by atoms with Crippen LogP contribution in [0.1, 0.15) is 24.6 Å². The van der Waals surface area contributed by atoms with E-state index in [-0.39, 0.29) is 12.1 Å². The van der Waals surface area contributed by atoms with Gasteiger partial charge < -0.3 is 5.11 Å². The summed E-state index contributed by atoms with van der Waals surface area (Å²) in [5.74, 6) is 0. The molecule has 1 aromatic heterocycles. The number of aryl methyl sites for hydroxylation is 1. The molecule has 1 unspecified atom stereocenters. The Morgan fingerprint density at radius 2 is 2.21 bits per heavy atom. The first-order chi connectivity index (χ1) is 6.38. The molecule has 0 fully saturated rings. The van der Waals surface area contributed by atoms with E-state index in [0.29, 0.717) is 0 Å². The van der Waals surface area contributed by atoms with Gasteiger partial charge in [-0.3, -0.25) is 4.68 Å². The number of alkyl halides is 3. The molecule has 0 amide bonds. The zero-order valence-corrected chi connectivity index (χ0v) is 7.62. The summed E-state index contributed by atoms with van der Waals surface area (Å²) in [6.45, 7) is 0. The maximum atomic E-state index is 11.8. The highest BCUT2D eigenvalue weighted by Crippen LogP contribution is 2.26. The highest BCUT2D eigenvalue weighted by Gasteiger charge is 2.28. The molecule has 0 aromatic carbocycles. The predicted octanol–water partition coefficient (Wildman–Crippen LogP) is 1.80. The fourth-order valence-electron chi connectivity index (χ4n) is 1.06. The van der Waals surface area contributed by atoms with Gasteiger partial charge in [0.2, 0.25) is 0 Å². The monoisotopic (exact) mass is 208 g/mol. The lowest BCUT2D eigenvalue weighted by atomic mass is 10.1. The molecule has 1 atom stereocenters. The van der Waals surface area contributed by atoms with Gasteiger partial charge in [0, 0.05) is 19.7 Å². The van der Waals surface area contributed by atoms with Gasteiger partial charge >= 0.3 is 6.18 Å². The van der Waals surface area contributed by atoms with Crippen molar-refractivity contribution in [3.63, 3.8) is 0 Å². The minimum atomic E-state index is -4.23. The van der Waals surface area contributed by atoms with Crippen molar-refractivity contribution in [2.45, 2.75) is 25.1 Å². The van der Waals surface area contributed by atoms with Crippen LogP contribution in [0.25, 0.3) is 0 Å². The first-order valence-corrected chi connectivity index (χ1v) is 4.13. The fraction of sp³-hybridized carbons (Fsp3) is 0.625. The second-order valence-corrected chi connectivity index (χ2v) is 3.08. The summed E-state index contributed by atoms with van der Waals surface area (Å²) in [6, 6.07) is 1.50. The van der Waals surface area contributed by atoms with Crippen molar-refractivity contribution in [1.82, 2.24) is 9.78 Å². The van der Waals surface area contributed by atoms with E-state index in [1.165, 1.54) is 10.7 Å². The van der Waals surface area contributed by atoms with Crippen LogP contribution in [-0.4, -0.2) is 21.1 Å². The second-order valence-electron chi connectivity index (χ2n) is 3.08. The molecule has 3 nitrogen and oxygen atoms in total. The molecule has 1 heterocycles. The molecule has 0 saturated heterocycles. The molecule has 0 aliphatic heterocycles. The number of rotatable bonds is 3. The van der Waals surface area contributed by atoms with Gasteiger partial charge in [-0.25, -0.2) is 0 Å². The predicted molar refractivity (Wildman–Crippen MR) is 43.5 cm³/mol. The van der Waals surface area contributed by atoms with Crippen molar-refractivity contribution in [2.75, 3.05) is 0 Å². The summed E-state index contributed by atoms with van der Waals surface area (Å²) in [6.07, 6.45) is -5.13. The smallest absolute Gasteiger partial charge is 0.387 e. The minimum absolute atomic E-state index is 0.275. The molecule has 0 saturated carbocycles. The number of hydrogen-bond donors (Lipinski definition) is 1. The summed E-state index contributed by atoms with van der Waals surface area (Å²) in [7, 11) is 1.64. The van der Waals surface area contributed by atoms with Crippen LogP contribution in [0, 0.1) is 0 Å². The Bertz CT molecular complexity index is 295. The summed E-state index contributed by atoms with van der Waals surface area (Å²) in [4.78, 5) is 0. The molecule has 14 heavy (non-hydrogen) atoms. The molecule has 0 radical (unpaired) electrons. The van der Waals surface area contributed by atoms with E-state index in [0.717, 1.165) is 0 Å². The zero-order chi connectivity index (χ0) is 10.8. The standard InChI is InChI=1S/C8H11F3N2O/c1-13-5-3-6(12-13)7(14)2-4-8(9,10)11/h3,5,7,14H,2,4H2,1H3. The van der Waals surface area contributed by atoms with E-state index in [9.17, 15) is 18.3 Å². The highest BCUT2D eigenvalue weighted by atomic mass is 19.4. The third-order valence-electron chi connectivity index (χ3n) is 1.78. The van der Waals surface area contributed by atoms with Crippen LogP contribution in [0.3, 0.4) is 0 Å². The number of nitrogens with zero attached hydrogens (tertiary/aromatic N) is 2. The van der Waals surface area contributed by atoms with E-state index >= 15 is 0 Å². The Balaban J connectivity index is 2.47. The van der Waals surface area contributed by atoms with E-state index in [2.05, 4.69) is 5.10 Å². The normalized spacial score (nSPS) is 14.4. The van der Waals surface area contributed by atoms with Gasteiger partial charge in [-0.1, -0.05) is 0 Å². The topological polar surface area (TPSA) is 38.0 Å². The third-order valence-corrected chi connectivity index (χ3v) is 1.78. The first-order valence-electron chi connectivity index (χ1n) is 4.13. The van der Waals surface area contributed by atoms with Gasteiger partial charge in [0.25, 0.3) is 0 Å². The van der Waals surface area contributed by atoms with Crippen LogP contribution in [0.15, 0.2) is 12.3 Å². The minimum Gasteiger partial charge on any atom is -0.387 e. The van der Waals surface area contributed by atoms with Crippen molar-refractivity contribution in [2.24, 2.45) is 7.05 Å². The molecular formula is C8H11F3N2O. The van der Waals surface area contributed by atoms with Crippen LogP contribution >= 0.6 is 0 Å². The third kappa shape index (κ3) is 3.37. The zero-order valence-electron chi connectivity index (χ0n) is 7.62. The maximum absolute atomic E-state index is 11.8. The Kier molecular flexibility index (Phi) is 3.15. The number of aliphatic hydroxyl groups excluding tert-OH is 1. The van der Waals surface area contributed by atoms with Gasteiger partial charge in [-0.05, 0) is 12.5 Å². The molecule has 0 bridgehead atoms. The molecular weight excluding hydrogens is 197 g/mol. The Morgan fingerprint density at radius 3 is 2.64 bits per heavy atom. The highest BCUT2D eigenvalue weighted by molar-refractivity contribution is 5.02. The summed E-state index contributed by atoms with van der Waals surface area (Å²) < 4.78 is 36.8. The van der Waals surface area contributed by atoms with Gasteiger partial charge in [0.1, 0.15) is 0 Å². The largest absolute Gasteiger partial charge is 0.389 e. The van der Waals surface area contributed by atoms with Crippen molar-refractivity contribution in [1.29, 1.82) is 0 Å². The molecule has 0 aliphatic rings. The van der Waals surface area contributed by atoms with E-state index in [1.807, 2.05) is 0 Å². The van der Waals surface area contributed by atoms with Crippen LogP contribution in [0.2, 0.25) is 0 Å². The van der Waals surface area contributed by atoms with Crippen molar-refractivity contribution in [3.8, 4) is 0 Å². The summed E-state index contributed by atoms with van der Waals surface area (Å²) in [5.41, 5.74) is 0.275. The van der Waals surface area contributed by atoms with Crippen molar-refractivity contribution in [3.05, 3.63) is 18.0 Å². The summed E-state index contributed by atoms with van der Waals surface area (Å²) >= 11 is 0. The van der Waals surface area contributed by atoms with E-state index in [1.54, 1.807) is 13.2 Å². The lowest BCUT2D eigenvalue weighted by Gasteiger charge is -2.09. The fourth-order valence-corrected chi connectivity index (χ4v) is 1.06. The maximum Gasteiger partial charge on any atom is 0.389 e. The van der Waals surface area contributed by atoms with Gasteiger partial charge in [-0.2, -0.15) is 18.3 Å².